The molecule has 0 unspecified atom stereocenters. The highest BCUT2D eigenvalue weighted by atomic mass is 35.5. The molecule has 0 aliphatic carbocycles. The summed E-state index contributed by atoms with van der Waals surface area (Å²) in [4.78, 5) is 11.5. The van der Waals surface area contributed by atoms with Gasteiger partial charge in [0, 0.05) is 12.7 Å². The van der Waals surface area contributed by atoms with E-state index in [1.165, 1.54) is 18.4 Å². The number of nitrogens with two attached hydrogens (primary N) is 1. The molecule has 0 fully saturated rings. The topological polar surface area (TPSA) is 104 Å². The first kappa shape index (κ1) is 15.6. The van der Waals surface area contributed by atoms with Crippen molar-refractivity contribution in [1.29, 1.82) is 0 Å². The summed E-state index contributed by atoms with van der Waals surface area (Å²) in [5.74, 6) is -0.803. The van der Waals surface area contributed by atoms with Gasteiger partial charge in [0.1, 0.15) is 10.7 Å². The Hall–Kier alpha value is -2.29. The van der Waals surface area contributed by atoms with Gasteiger partial charge in [0.2, 0.25) is 5.76 Å². The molecule has 3 rings (SSSR count). The van der Waals surface area contributed by atoms with Crippen LogP contribution in [0.1, 0.15) is 16.2 Å². The van der Waals surface area contributed by atoms with Crippen LogP contribution in [0, 0.1) is 0 Å². The maximum absolute atomic E-state index is 11.5. The molecule has 23 heavy (non-hydrogen) atoms. The van der Waals surface area contributed by atoms with Crippen molar-refractivity contribution in [1.82, 2.24) is 15.4 Å². The highest BCUT2D eigenvalue weighted by Gasteiger charge is 2.25. The Morgan fingerprint density at radius 2 is 2.09 bits per heavy atom. The Balaban J connectivity index is 2.09. The summed E-state index contributed by atoms with van der Waals surface area (Å²) >= 11 is 7.43. The average Bonchev–Trinajstić information content (AvgIpc) is 3.14. The number of methoxy groups -OCH3 is 1. The maximum atomic E-state index is 11.5. The Bertz CT molecular complexity index is 861. The molecule has 2 N–H and O–H groups in total. The summed E-state index contributed by atoms with van der Waals surface area (Å²) in [6, 6.07) is 7.29. The summed E-state index contributed by atoms with van der Waals surface area (Å²) in [5, 5.41) is 13.7. The Morgan fingerprint density at radius 3 is 2.78 bits per heavy atom. The number of amides is 1. The van der Waals surface area contributed by atoms with Gasteiger partial charge in [0.25, 0.3) is 5.91 Å². The molecule has 0 bridgehead atoms. The Labute approximate surface area is 140 Å². The SMILES string of the molecule is COCc1noc(C(N)=O)c1-c1nnc(-c2ccccc2Cl)s1. The number of nitrogens with zero attached hydrogens (tertiary/aromatic N) is 3. The summed E-state index contributed by atoms with van der Waals surface area (Å²) in [6.45, 7) is 0.160. The van der Waals surface area contributed by atoms with Gasteiger partial charge in [0.15, 0.2) is 5.01 Å². The van der Waals surface area contributed by atoms with Crippen LogP contribution in [-0.2, 0) is 11.3 Å². The number of hydrogen-bond acceptors (Lipinski definition) is 7. The number of carbonyl (C=O) groups excluding carboxylic acids is 1. The lowest BCUT2D eigenvalue weighted by molar-refractivity contribution is 0.0965. The van der Waals surface area contributed by atoms with Crippen LogP contribution in [0.3, 0.4) is 0 Å². The van der Waals surface area contributed by atoms with Gasteiger partial charge in [0.05, 0.1) is 17.2 Å². The van der Waals surface area contributed by atoms with E-state index in [4.69, 9.17) is 26.6 Å². The normalized spacial score (nSPS) is 10.9. The second-order valence-corrected chi connectivity index (χ2v) is 5.91. The standard InChI is InChI=1S/C14H11ClN4O3S/c1-21-6-9-10(11(12(16)20)22-19-9)14-18-17-13(23-14)7-4-2-3-5-8(7)15/h2-5H,6H2,1H3,(H2,16,20). The lowest BCUT2D eigenvalue weighted by Crippen LogP contribution is -2.11. The van der Waals surface area contributed by atoms with E-state index in [2.05, 4.69) is 15.4 Å². The molecule has 0 aliphatic heterocycles. The van der Waals surface area contributed by atoms with Crippen molar-refractivity contribution in [3.8, 4) is 21.1 Å². The van der Waals surface area contributed by atoms with Crippen LogP contribution < -0.4 is 5.73 Å². The molecule has 7 nitrogen and oxygen atoms in total. The zero-order valence-corrected chi connectivity index (χ0v) is 13.5. The monoisotopic (exact) mass is 350 g/mol. The highest BCUT2D eigenvalue weighted by molar-refractivity contribution is 7.18. The van der Waals surface area contributed by atoms with Gasteiger partial charge < -0.3 is 15.0 Å². The molecule has 3 aromatic rings. The van der Waals surface area contributed by atoms with E-state index < -0.39 is 5.91 Å². The largest absolute Gasteiger partial charge is 0.378 e. The molecule has 1 aromatic carbocycles. The third kappa shape index (κ3) is 2.96. The van der Waals surface area contributed by atoms with Gasteiger partial charge in [-0.15, -0.1) is 10.2 Å². The number of carbonyl (C=O) groups is 1. The quantitative estimate of drug-likeness (QED) is 0.758. The van der Waals surface area contributed by atoms with Gasteiger partial charge in [-0.1, -0.05) is 46.3 Å². The molecule has 2 aromatic heterocycles. The minimum atomic E-state index is -0.732. The van der Waals surface area contributed by atoms with Crippen LogP contribution in [0.15, 0.2) is 28.8 Å². The lowest BCUT2D eigenvalue weighted by atomic mass is 10.2. The molecule has 1 amide bonds. The molecule has 0 atom stereocenters. The average molecular weight is 351 g/mol. The van der Waals surface area contributed by atoms with Gasteiger partial charge in [-0.25, -0.2) is 0 Å². The van der Waals surface area contributed by atoms with Gasteiger partial charge in [-0.2, -0.15) is 0 Å². The van der Waals surface area contributed by atoms with Crippen molar-refractivity contribution in [2.24, 2.45) is 5.73 Å². The van der Waals surface area contributed by atoms with E-state index in [-0.39, 0.29) is 12.4 Å². The predicted octanol–water partition coefficient (Wildman–Crippen LogP) is 2.76. The lowest BCUT2D eigenvalue weighted by Gasteiger charge is -1.98. The van der Waals surface area contributed by atoms with Crippen LogP contribution in [-0.4, -0.2) is 28.4 Å². The molecule has 118 valence electrons. The maximum Gasteiger partial charge on any atom is 0.288 e. The van der Waals surface area contributed by atoms with Crippen molar-refractivity contribution in [2.75, 3.05) is 7.11 Å². The van der Waals surface area contributed by atoms with E-state index in [1.807, 2.05) is 18.2 Å². The summed E-state index contributed by atoms with van der Waals surface area (Å²) in [6.07, 6.45) is 0. The predicted molar refractivity (Wildman–Crippen MR) is 85.1 cm³/mol. The number of halogens is 1. The Kier molecular flexibility index (Phi) is 4.37. The van der Waals surface area contributed by atoms with Crippen molar-refractivity contribution >= 4 is 28.8 Å². The molecule has 0 radical (unpaired) electrons. The van der Waals surface area contributed by atoms with Crippen LogP contribution in [0.2, 0.25) is 5.02 Å². The Morgan fingerprint density at radius 1 is 1.35 bits per heavy atom. The fraction of sp³-hybridized carbons (Fsp3) is 0.143. The second-order valence-electron chi connectivity index (χ2n) is 4.52. The molecule has 0 aliphatic rings. The first-order valence-corrected chi connectivity index (χ1v) is 7.67. The number of aromatic nitrogens is 3. The molecular weight excluding hydrogens is 340 g/mol. The van der Waals surface area contributed by atoms with Crippen LogP contribution >= 0.6 is 22.9 Å². The minimum absolute atomic E-state index is 0.0705. The molecule has 0 saturated carbocycles. The van der Waals surface area contributed by atoms with Crippen molar-refractivity contribution in [3.05, 3.63) is 40.7 Å². The number of ether oxygens (including phenoxy) is 1. The molecule has 0 saturated heterocycles. The first-order valence-electron chi connectivity index (χ1n) is 6.48. The minimum Gasteiger partial charge on any atom is -0.378 e. The van der Waals surface area contributed by atoms with Crippen molar-refractivity contribution in [3.63, 3.8) is 0 Å². The van der Waals surface area contributed by atoms with E-state index >= 15 is 0 Å². The fourth-order valence-electron chi connectivity index (χ4n) is 2.01. The van der Waals surface area contributed by atoms with Gasteiger partial charge in [-0.3, -0.25) is 4.79 Å². The van der Waals surface area contributed by atoms with E-state index in [1.54, 1.807) is 6.07 Å². The summed E-state index contributed by atoms with van der Waals surface area (Å²) < 4.78 is 10.1. The van der Waals surface area contributed by atoms with Crippen LogP contribution in [0.25, 0.3) is 21.1 Å². The zero-order chi connectivity index (χ0) is 16.4. The number of rotatable bonds is 5. The summed E-state index contributed by atoms with van der Waals surface area (Å²) in [7, 11) is 1.51. The zero-order valence-electron chi connectivity index (χ0n) is 11.9. The smallest absolute Gasteiger partial charge is 0.288 e. The van der Waals surface area contributed by atoms with E-state index in [0.29, 0.717) is 26.3 Å². The fourth-order valence-corrected chi connectivity index (χ4v) is 3.24. The van der Waals surface area contributed by atoms with E-state index in [9.17, 15) is 4.79 Å². The number of benzene rings is 1. The first-order chi connectivity index (χ1) is 11.1. The van der Waals surface area contributed by atoms with Crippen molar-refractivity contribution < 1.29 is 14.1 Å². The highest BCUT2D eigenvalue weighted by Crippen LogP contribution is 2.36. The van der Waals surface area contributed by atoms with Gasteiger partial charge >= 0.3 is 0 Å². The van der Waals surface area contributed by atoms with Crippen LogP contribution in [0.5, 0.6) is 0 Å². The number of hydrogen-bond donors (Lipinski definition) is 1. The third-order valence-electron chi connectivity index (χ3n) is 3.01. The van der Waals surface area contributed by atoms with Crippen LogP contribution in [0.4, 0.5) is 0 Å². The summed E-state index contributed by atoms with van der Waals surface area (Å²) in [5.41, 5.74) is 6.91. The molecular formula is C14H11ClN4O3S. The van der Waals surface area contributed by atoms with E-state index in [0.717, 1.165) is 5.56 Å². The molecule has 0 spiro atoms. The molecule has 9 heteroatoms. The van der Waals surface area contributed by atoms with Gasteiger partial charge in [-0.05, 0) is 6.07 Å². The second kappa shape index (κ2) is 6.45. The third-order valence-corrected chi connectivity index (χ3v) is 4.31. The number of primary amides is 1. The molecule has 2 heterocycles. The van der Waals surface area contributed by atoms with Crippen molar-refractivity contribution in [2.45, 2.75) is 6.61 Å².